The molecule has 1 N–H and O–H groups in total. The van der Waals surface area contributed by atoms with Crippen LogP contribution in [0.25, 0.3) is 0 Å². The van der Waals surface area contributed by atoms with Crippen LogP contribution in [0.1, 0.15) is 31.2 Å². The van der Waals surface area contributed by atoms with E-state index in [2.05, 4.69) is 35.6 Å². The van der Waals surface area contributed by atoms with E-state index in [0.717, 1.165) is 5.92 Å². The molecule has 1 aromatic carbocycles. The van der Waals surface area contributed by atoms with E-state index < -0.39 is 0 Å². The van der Waals surface area contributed by atoms with Gasteiger partial charge >= 0.3 is 0 Å². The van der Waals surface area contributed by atoms with Crippen molar-refractivity contribution in [2.45, 2.75) is 31.2 Å². The van der Waals surface area contributed by atoms with Crippen molar-refractivity contribution in [3.8, 4) is 0 Å². The molecule has 2 fully saturated rings. The van der Waals surface area contributed by atoms with Crippen LogP contribution in [0.2, 0.25) is 0 Å². The number of hydrogen-bond acceptors (Lipinski definition) is 1. The van der Waals surface area contributed by atoms with Crippen molar-refractivity contribution in [3.63, 3.8) is 0 Å². The molecule has 0 aromatic heterocycles. The van der Waals surface area contributed by atoms with E-state index in [9.17, 15) is 0 Å². The van der Waals surface area contributed by atoms with Crippen LogP contribution in [0.3, 0.4) is 0 Å². The summed E-state index contributed by atoms with van der Waals surface area (Å²) < 4.78 is 0. The number of nitrogens with one attached hydrogen (secondary N) is 1. The number of benzene rings is 1. The van der Waals surface area contributed by atoms with Crippen molar-refractivity contribution < 1.29 is 0 Å². The Morgan fingerprint density at radius 1 is 1.21 bits per heavy atom. The normalized spacial score (nSPS) is 35.9. The molecule has 2 atom stereocenters. The number of hydrogen-bond donors (Lipinski definition) is 1. The van der Waals surface area contributed by atoms with E-state index in [1.54, 1.807) is 0 Å². The fourth-order valence-electron chi connectivity index (χ4n) is 3.19. The summed E-state index contributed by atoms with van der Waals surface area (Å²) in [5.41, 5.74) is 1.84. The van der Waals surface area contributed by atoms with Gasteiger partial charge in [0.1, 0.15) is 0 Å². The molecule has 1 heteroatoms. The predicted octanol–water partition coefficient (Wildman–Crippen LogP) is 2.68. The Kier molecular flexibility index (Phi) is 1.88. The molecule has 0 amide bonds. The molecule has 1 heterocycles. The van der Waals surface area contributed by atoms with E-state index in [1.165, 1.54) is 37.8 Å². The SMILES string of the molecule is c1ccc([C@@]23CCC[C@@H](CN2)C3)cc1. The fourth-order valence-corrected chi connectivity index (χ4v) is 3.19. The Morgan fingerprint density at radius 3 is 2.93 bits per heavy atom. The molecule has 1 aromatic rings. The van der Waals surface area contributed by atoms with E-state index >= 15 is 0 Å². The summed E-state index contributed by atoms with van der Waals surface area (Å²) in [5.74, 6) is 0.934. The molecule has 74 valence electrons. The van der Waals surface area contributed by atoms with Gasteiger partial charge in [0, 0.05) is 5.54 Å². The molecule has 1 nitrogen and oxygen atoms in total. The molecule has 0 spiro atoms. The van der Waals surface area contributed by atoms with Crippen molar-refractivity contribution in [1.82, 2.24) is 5.32 Å². The van der Waals surface area contributed by atoms with Gasteiger partial charge in [0.25, 0.3) is 0 Å². The van der Waals surface area contributed by atoms with E-state index in [1.807, 2.05) is 0 Å². The molecule has 2 bridgehead atoms. The van der Waals surface area contributed by atoms with Crippen LogP contribution in [0.15, 0.2) is 30.3 Å². The largest absolute Gasteiger partial charge is 0.307 e. The van der Waals surface area contributed by atoms with Gasteiger partial charge in [-0.15, -0.1) is 0 Å². The van der Waals surface area contributed by atoms with Gasteiger partial charge in [-0.1, -0.05) is 36.8 Å². The highest BCUT2D eigenvalue weighted by Crippen LogP contribution is 2.43. The van der Waals surface area contributed by atoms with Gasteiger partial charge < -0.3 is 5.32 Å². The van der Waals surface area contributed by atoms with Crippen molar-refractivity contribution >= 4 is 0 Å². The predicted molar refractivity (Wildman–Crippen MR) is 58.1 cm³/mol. The quantitative estimate of drug-likeness (QED) is 0.712. The van der Waals surface area contributed by atoms with Crippen LogP contribution in [-0.4, -0.2) is 6.54 Å². The van der Waals surface area contributed by atoms with Gasteiger partial charge in [0.15, 0.2) is 0 Å². The second-order valence-electron chi connectivity index (χ2n) is 4.79. The van der Waals surface area contributed by atoms with Crippen LogP contribution in [0, 0.1) is 5.92 Å². The molecule has 1 saturated carbocycles. The molecular formula is C13H17N. The topological polar surface area (TPSA) is 12.0 Å². The Hall–Kier alpha value is -0.820. The zero-order valence-corrected chi connectivity index (χ0v) is 8.50. The number of fused-ring (bicyclic) bond motifs is 2. The lowest BCUT2D eigenvalue weighted by molar-refractivity contribution is 0.288. The minimum absolute atomic E-state index is 0.337. The van der Waals surface area contributed by atoms with Crippen molar-refractivity contribution in [2.75, 3.05) is 6.54 Å². The first kappa shape index (κ1) is 8.49. The average Bonchev–Trinajstić information content (AvgIpc) is 2.57. The first-order valence-corrected chi connectivity index (χ1v) is 5.70. The lowest BCUT2D eigenvalue weighted by Gasteiger charge is -2.33. The third kappa shape index (κ3) is 1.19. The summed E-state index contributed by atoms with van der Waals surface area (Å²) in [6, 6.07) is 11.0. The fraction of sp³-hybridized carbons (Fsp3) is 0.538. The first-order chi connectivity index (χ1) is 6.89. The molecule has 0 radical (unpaired) electrons. The van der Waals surface area contributed by atoms with Crippen molar-refractivity contribution in [1.29, 1.82) is 0 Å². The second kappa shape index (κ2) is 3.09. The Balaban J connectivity index is 1.97. The molecule has 2 aliphatic rings. The molecule has 1 saturated heterocycles. The van der Waals surface area contributed by atoms with Crippen LogP contribution < -0.4 is 5.32 Å². The summed E-state index contributed by atoms with van der Waals surface area (Å²) in [6.07, 6.45) is 5.51. The maximum absolute atomic E-state index is 3.75. The molecule has 1 aliphatic heterocycles. The molecule has 14 heavy (non-hydrogen) atoms. The maximum atomic E-state index is 3.75. The zero-order chi connectivity index (χ0) is 9.43. The van der Waals surface area contributed by atoms with Gasteiger partial charge in [-0.3, -0.25) is 0 Å². The van der Waals surface area contributed by atoms with Crippen LogP contribution >= 0.6 is 0 Å². The van der Waals surface area contributed by atoms with Gasteiger partial charge in [-0.2, -0.15) is 0 Å². The highest BCUT2D eigenvalue weighted by Gasteiger charge is 2.42. The second-order valence-corrected chi connectivity index (χ2v) is 4.79. The van der Waals surface area contributed by atoms with E-state index in [4.69, 9.17) is 0 Å². The van der Waals surface area contributed by atoms with E-state index in [-0.39, 0.29) is 0 Å². The Labute approximate surface area is 85.5 Å². The number of rotatable bonds is 1. The third-order valence-electron chi connectivity index (χ3n) is 3.91. The minimum atomic E-state index is 0.337. The lowest BCUT2D eigenvalue weighted by Crippen LogP contribution is -2.36. The highest BCUT2D eigenvalue weighted by molar-refractivity contribution is 5.27. The Morgan fingerprint density at radius 2 is 2.07 bits per heavy atom. The Bertz CT molecular complexity index is 315. The third-order valence-corrected chi connectivity index (χ3v) is 3.91. The van der Waals surface area contributed by atoms with Crippen LogP contribution in [0.4, 0.5) is 0 Å². The van der Waals surface area contributed by atoms with Gasteiger partial charge in [-0.25, -0.2) is 0 Å². The zero-order valence-electron chi connectivity index (χ0n) is 8.50. The van der Waals surface area contributed by atoms with Crippen LogP contribution in [0.5, 0.6) is 0 Å². The molecule has 3 rings (SSSR count). The van der Waals surface area contributed by atoms with Gasteiger partial charge in [0.05, 0.1) is 0 Å². The van der Waals surface area contributed by atoms with Gasteiger partial charge in [0.2, 0.25) is 0 Å². The summed E-state index contributed by atoms with van der Waals surface area (Å²) in [5, 5.41) is 3.75. The minimum Gasteiger partial charge on any atom is -0.307 e. The highest BCUT2D eigenvalue weighted by atomic mass is 15.0. The molecule has 0 unspecified atom stereocenters. The average molecular weight is 187 g/mol. The molecule has 1 aliphatic carbocycles. The lowest BCUT2D eigenvalue weighted by atomic mass is 9.76. The van der Waals surface area contributed by atoms with Crippen molar-refractivity contribution in [3.05, 3.63) is 35.9 Å². The summed E-state index contributed by atoms with van der Waals surface area (Å²) in [6.45, 7) is 1.23. The van der Waals surface area contributed by atoms with Crippen LogP contribution in [-0.2, 0) is 5.54 Å². The summed E-state index contributed by atoms with van der Waals surface area (Å²) in [4.78, 5) is 0. The smallest absolute Gasteiger partial charge is 0.0437 e. The van der Waals surface area contributed by atoms with E-state index in [0.29, 0.717) is 5.54 Å². The van der Waals surface area contributed by atoms with Crippen molar-refractivity contribution in [2.24, 2.45) is 5.92 Å². The molecular weight excluding hydrogens is 170 g/mol. The first-order valence-electron chi connectivity index (χ1n) is 5.70. The monoisotopic (exact) mass is 187 g/mol. The van der Waals surface area contributed by atoms with Gasteiger partial charge in [-0.05, 0) is 37.3 Å². The summed E-state index contributed by atoms with van der Waals surface area (Å²) in [7, 11) is 0. The summed E-state index contributed by atoms with van der Waals surface area (Å²) >= 11 is 0. The standard InChI is InChI=1S/C13H17N/c1-2-6-12(7-3-1)13-8-4-5-11(9-13)10-14-13/h1-3,6-7,11,14H,4-5,8-10H2/t11-,13+/m1/s1. The maximum Gasteiger partial charge on any atom is 0.0437 e.